The van der Waals surface area contributed by atoms with Crippen LogP contribution in [0.25, 0.3) is 6.08 Å². The minimum atomic E-state index is -0.302. The van der Waals surface area contributed by atoms with Crippen LogP contribution in [0, 0.1) is 17.8 Å². The first-order chi connectivity index (χ1) is 17.9. The van der Waals surface area contributed by atoms with Gasteiger partial charge in [-0.05, 0) is 72.9 Å². The monoisotopic (exact) mass is 539 g/mol. The van der Waals surface area contributed by atoms with Crippen LogP contribution in [0.15, 0.2) is 52.4 Å². The lowest BCUT2D eigenvalue weighted by Crippen LogP contribution is -2.34. The third-order valence-electron chi connectivity index (χ3n) is 8.06. The van der Waals surface area contributed by atoms with E-state index in [4.69, 9.17) is 16.3 Å². The number of benzene rings is 1. The topological polar surface area (TPSA) is 66.8 Å². The summed E-state index contributed by atoms with van der Waals surface area (Å²) in [6.07, 6.45) is 7.35. The Morgan fingerprint density at radius 1 is 1.19 bits per heavy atom. The highest BCUT2D eigenvalue weighted by Crippen LogP contribution is 2.50. The number of halogens is 1. The molecule has 1 aliphatic carbocycles. The second-order valence-corrected chi connectivity index (χ2v) is 11.8. The molecule has 2 saturated heterocycles. The molecule has 1 aromatic carbocycles. The Morgan fingerprint density at radius 2 is 2.03 bits per heavy atom. The molecule has 3 heterocycles. The third-order valence-corrected chi connectivity index (χ3v) is 9.25. The van der Waals surface area contributed by atoms with Gasteiger partial charge in [-0.2, -0.15) is 0 Å². The van der Waals surface area contributed by atoms with E-state index in [9.17, 15) is 14.7 Å². The van der Waals surface area contributed by atoms with Gasteiger partial charge in [-0.1, -0.05) is 55.2 Å². The van der Waals surface area contributed by atoms with Crippen molar-refractivity contribution in [3.05, 3.63) is 67.9 Å². The summed E-state index contributed by atoms with van der Waals surface area (Å²) in [5.41, 5.74) is 4.78. The number of ether oxygens (including phenoxy) is 1. The van der Waals surface area contributed by atoms with Gasteiger partial charge in [-0.3, -0.25) is 14.5 Å². The molecule has 2 amide bonds. The van der Waals surface area contributed by atoms with Crippen LogP contribution in [-0.4, -0.2) is 34.5 Å². The van der Waals surface area contributed by atoms with Gasteiger partial charge in [-0.15, -0.1) is 11.3 Å². The van der Waals surface area contributed by atoms with Crippen molar-refractivity contribution in [3.8, 4) is 5.75 Å². The molecule has 0 radical (unpaired) electrons. The van der Waals surface area contributed by atoms with Crippen molar-refractivity contribution in [2.45, 2.75) is 65.0 Å². The summed E-state index contributed by atoms with van der Waals surface area (Å²) >= 11 is 7.94. The average molecular weight is 540 g/mol. The molecule has 2 fully saturated rings. The van der Waals surface area contributed by atoms with Gasteiger partial charge in [0.15, 0.2) is 0 Å². The number of allylic oxidation sites excluding steroid dienone is 2. The zero-order valence-corrected chi connectivity index (χ0v) is 23.0. The SMILES string of the molecule is CCC/C(=C\c1ccc(O)cc1Cl)CC[C@H]1OC[C@H]2C1=C(CC)C[C@H]1C(=O)N(Cc3cccs3)C(=O)[C@H]12. The number of hydrogen-bond donors (Lipinski definition) is 1. The fourth-order valence-corrected chi connectivity index (χ4v) is 7.27. The van der Waals surface area contributed by atoms with Crippen LogP contribution >= 0.6 is 22.9 Å². The lowest BCUT2D eigenvalue weighted by Gasteiger charge is -2.31. The smallest absolute Gasteiger partial charge is 0.234 e. The van der Waals surface area contributed by atoms with Gasteiger partial charge in [0.1, 0.15) is 5.75 Å². The maximum absolute atomic E-state index is 13.5. The van der Waals surface area contributed by atoms with Crippen molar-refractivity contribution in [2.24, 2.45) is 17.8 Å². The zero-order chi connectivity index (χ0) is 26.1. The summed E-state index contributed by atoms with van der Waals surface area (Å²) < 4.78 is 6.36. The molecule has 0 unspecified atom stereocenters. The van der Waals surface area contributed by atoms with E-state index in [2.05, 4.69) is 19.9 Å². The molecule has 196 valence electrons. The number of imide groups is 1. The number of aromatic hydroxyl groups is 1. The van der Waals surface area contributed by atoms with E-state index >= 15 is 0 Å². The molecule has 4 atom stereocenters. The first-order valence-corrected chi connectivity index (χ1v) is 14.6. The van der Waals surface area contributed by atoms with Crippen LogP contribution < -0.4 is 0 Å². The molecule has 37 heavy (non-hydrogen) atoms. The average Bonchev–Trinajstić information content (AvgIpc) is 3.60. The van der Waals surface area contributed by atoms with E-state index in [1.54, 1.807) is 23.5 Å². The first kappa shape index (κ1) is 26.2. The lowest BCUT2D eigenvalue weighted by atomic mass is 9.69. The molecule has 5 rings (SSSR count). The largest absolute Gasteiger partial charge is 0.508 e. The minimum absolute atomic E-state index is 0.00589. The van der Waals surface area contributed by atoms with Crippen LogP contribution in [-0.2, 0) is 20.9 Å². The predicted octanol–water partition coefficient (Wildman–Crippen LogP) is 7.00. The van der Waals surface area contributed by atoms with Gasteiger partial charge in [0, 0.05) is 10.8 Å². The molecule has 7 heteroatoms. The number of likely N-dealkylation sites (tertiary alicyclic amines) is 1. The Bertz CT molecular complexity index is 1230. The van der Waals surface area contributed by atoms with Crippen molar-refractivity contribution in [2.75, 3.05) is 6.61 Å². The van der Waals surface area contributed by atoms with Crippen LogP contribution in [0.1, 0.15) is 62.8 Å². The fourth-order valence-electron chi connectivity index (χ4n) is 6.35. The van der Waals surface area contributed by atoms with E-state index in [0.717, 1.165) is 42.5 Å². The molecule has 0 bridgehead atoms. The normalized spacial score (nSPS) is 25.7. The van der Waals surface area contributed by atoms with E-state index in [1.165, 1.54) is 21.6 Å². The highest BCUT2D eigenvalue weighted by atomic mass is 35.5. The summed E-state index contributed by atoms with van der Waals surface area (Å²) in [4.78, 5) is 29.4. The quantitative estimate of drug-likeness (QED) is 0.275. The second-order valence-electron chi connectivity index (χ2n) is 10.3. The van der Waals surface area contributed by atoms with E-state index in [1.807, 2.05) is 23.6 Å². The Balaban J connectivity index is 1.34. The Hall–Kier alpha value is -2.41. The first-order valence-electron chi connectivity index (χ1n) is 13.3. The molecule has 2 aliphatic heterocycles. The van der Waals surface area contributed by atoms with E-state index in [-0.39, 0.29) is 41.4 Å². The van der Waals surface area contributed by atoms with E-state index in [0.29, 0.717) is 24.6 Å². The summed E-state index contributed by atoms with van der Waals surface area (Å²) in [7, 11) is 0. The molecule has 5 nitrogen and oxygen atoms in total. The van der Waals surface area contributed by atoms with Crippen LogP contribution in [0.2, 0.25) is 5.02 Å². The number of hydrogen-bond acceptors (Lipinski definition) is 5. The Kier molecular flexibility index (Phi) is 7.89. The summed E-state index contributed by atoms with van der Waals surface area (Å²) in [5.74, 6) is -0.452. The molecule has 3 aliphatic rings. The van der Waals surface area contributed by atoms with Crippen LogP contribution in [0.3, 0.4) is 0 Å². The van der Waals surface area contributed by atoms with Crippen LogP contribution in [0.4, 0.5) is 0 Å². The van der Waals surface area contributed by atoms with Crippen molar-refractivity contribution in [1.82, 2.24) is 4.90 Å². The van der Waals surface area contributed by atoms with Crippen molar-refractivity contribution < 1.29 is 19.4 Å². The van der Waals surface area contributed by atoms with Crippen molar-refractivity contribution in [3.63, 3.8) is 0 Å². The fraction of sp³-hybridized carbons (Fsp3) is 0.467. The van der Waals surface area contributed by atoms with Gasteiger partial charge in [0.2, 0.25) is 11.8 Å². The van der Waals surface area contributed by atoms with Gasteiger partial charge >= 0.3 is 0 Å². The summed E-state index contributed by atoms with van der Waals surface area (Å²) in [6.45, 7) is 5.20. The second kappa shape index (κ2) is 11.1. The van der Waals surface area contributed by atoms with Gasteiger partial charge in [0.05, 0.1) is 36.1 Å². The number of fused-ring (bicyclic) bond motifs is 3. The number of carbonyl (C=O) groups is 2. The molecular weight excluding hydrogens is 506 g/mol. The van der Waals surface area contributed by atoms with Crippen molar-refractivity contribution in [1.29, 1.82) is 0 Å². The number of carbonyl (C=O) groups excluding carboxylic acids is 2. The predicted molar refractivity (Wildman–Crippen MR) is 147 cm³/mol. The molecular formula is C30H34ClNO4S. The number of nitrogens with zero attached hydrogens (tertiary/aromatic N) is 1. The summed E-state index contributed by atoms with van der Waals surface area (Å²) in [5, 5.41) is 12.2. The molecule has 2 aromatic rings. The van der Waals surface area contributed by atoms with E-state index < -0.39 is 0 Å². The van der Waals surface area contributed by atoms with Gasteiger partial charge in [0.25, 0.3) is 0 Å². The maximum Gasteiger partial charge on any atom is 0.234 e. The van der Waals surface area contributed by atoms with Gasteiger partial charge < -0.3 is 9.84 Å². The number of amides is 2. The summed E-state index contributed by atoms with van der Waals surface area (Å²) in [6, 6.07) is 9.01. The number of phenols is 1. The third kappa shape index (κ3) is 5.16. The minimum Gasteiger partial charge on any atom is -0.508 e. The highest BCUT2D eigenvalue weighted by molar-refractivity contribution is 7.09. The van der Waals surface area contributed by atoms with Gasteiger partial charge in [-0.25, -0.2) is 0 Å². The number of phenolic OH excluding ortho intramolecular Hbond substituents is 1. The van der Waals surface area contributed by atoms with Crippen LogP contribution in [0.5, 0.6) is 5.75 Å². The number of thiophene rings is 1. The Labute approximate surface area is 227 Å². The highest BCUT2D eigenvalue weighted by Gasteiger charge is 2.56. The molecule has 0 spiro atoms. The molecule has 1 N–H and O–H groups in total. The molecule has 0 saturated carbocycles. The molecule has 1 aromatic heterocycles. The van der Waals surface area contributed by atoms with Crippen molar-refractivity contribution >= 4 is 40.8 Å². The maximum atomic E-state index is 13.5. The Morgan fingerprint density at radius 3 is 2.73 bits per heavy atom. The zero-order valence-electron chi connectivity index (χ0n) is 21.4. The standard InChI is InChI=1S/C30H34ClNO4S/c1-3-6-18(13-20-9-10-21(33)15-25(20)31)8-11-26-27-19(4-2)14-23-28(24(27)17-36-26)30(35)32(29(23)34)16-22-7-5-12-37-22/h5,7,9-10,12-13,15,23-24,26,28,33H,3-4,6,8,11,14,16-17H2,1-2H3/b18-13+/t23-,24+,26-,28-/m1/s1. The number of rotatable bonds is 9. The lowest BCUT2D eigenvalue weighted by molar-refractivity contribution is -0.140.